The van der Waals surface area contributed by atoms with Crippen LogP contribution in [0.15, 0.2) is 18.7 Å². The predicted molar refractivity (Wildman–Crippen MR) is 84.8 cm³/mol. The molecule has 1 aromatic heterocycles. The first kappa shape index (κ1) is 19.3. The summed E-state index contributed by atoms with van der Waals surface area (Å²) in [6.45, 7) is 3.80. The van der Waals surface area contributed by atoms with Crippen molar-refractivity contribution in [2.24, 2.45) is 5.73 Å². The summed E-state index contributed by atoms with van der Waals surface area (Å²) in [6.07, 6.45) is 4.71. The van der Waals surface area contributed by atoms with E-state index in [0.717, 1.165) is 0 Å². The first-order valence-electron chi connectivity index (χ1n) is 7.52. The molecule has 0 aliphatic carbocycles. The molecule has 8 heteroatoms. The maximum atomic E-state index is 12.2. The van der Waals surface area contributed by atoms with Crippen LogP contribution in [0.25, 0.3) is 0 Å². The van der Waals surface area contributed by atoms with Crippen LogP contribution in [-0.4, -0.2) is 59.0 Å². The number of nitrogens with zero attached hydrogens (tertiary/aromatic N) is 2. The Morgan fingerprint density at radius 2 is 2.09 bits per heavy atom. The van der Waals surface area contributed by atoms with E-state index in [2.05, 4.69) is 15.3 Å². The lowest BCUT2D eigenvalue weighted by molar-refractivity contribution is -0.141. The van der Waals surface area contributed by atoms with Gasteiger partial charge in [-0.15, -0.1) is 0 Å². The minimum absolute atomic E-state index is 0.0102. The molecule has 1 rings (SSSR count). The van der Waals surface area contributed by atoms with E-state index < -0.39 is 17.7 Å². The average molecular weight is 326 g/mol. The molecule has 0 radical (unpaired) electrons. The third kappa shape index (κ3) is 6.47. The fraction of sp³-hybridized carbons (Fsp3) is 0.667. The van der Waals surface area contributed by atoms with Gasteiger partial charge in [-0.1, -0.05) is 0 Å². The zero-order chi connectivity index (χ0) is 17.3. The van der Waals surface area contributed by atoms with Crippen molar-refractivity contribution < 1.29 is 19.4 Å². The largest absolute Gasteiger partial charge is 0.488 e. The van der Waals surface area contributed by atoms with Crippen molar-refractivity contribution in [2.75, 3.05) is 20.3 Å². The Morgan fingerprint density at radius 1 is 1.43 bits per heavy atom. The van der Waals surface area contributed by atoms with Crippen molar-refractivity contribution in [3.8, 4) is 5.75 Å². The monoisotopic (exact) mass is 326 g/mol. The molecule has 0 aliphatic rings. The van der Waals surface area contributed by atoms with Crippen LogP contribution < -0.4 is 15.8 Å². The van der Waals surface area contributed by atoms with Crippen LogP contribution in [0.4, 0.5) is 0 Å². The number of methoxy groups -OCH3 is 1. The van der Waals surface area contributed by atoms with Gasteiger partial charge in [0.25, 0.3) is 5.91 Å². The fourth-order valence-corrected chi connectivity index (χ4v) is 1.79. The maximum Gasteiger partial charge on any atom is 0.251 e. The van der Waals surface area contributed by atoms with Crippen LogP contribution in [0.1, 0.15) is 26.7 Å². The Hall–Kier alpha value is -1.77. The standard InChI is InChI=1S/C15H26N4O4/c1-15(2,22-3)14(21)19-12(5-4-6-16)13(20)9-23-11-7-17-10-18-8-11/h7-8,10,12-13,20H,4-6,9,16H2,1-3H3,(H,19,21)/t12-,13?/m0/s1. The van der Waals surface area contributed by atoms with Gasteiger partial charge in [0.15, 0.2) is 5.75 Å². The summed E-state index contributed by atoms with van der Waals surface area (Å²) in [4.78, 5) is 19.9. The molecule has 0 saturated heterocycles. The summed E-state index contributed by atoms with van der Waals surface area (Å²) in [5.41, 5.74) is 4.54. The highest BCUT2D eigenvalue weighted by Gasteiger charge is 2.31. The van der Waals surface area contributed by atoms with Crippen LogP contribution in [-0.2, 0) is 9.53 Å². The van der Waals surface area contributed by atoms with Gasteiger partial charge in [0, 0.05) is 7.11 Å². The second kappa shape index (κ2) is 9.39. The molecule has 0 spiro atoms. The Kier molecular flexibility index (Phi) is 7.87. The van der Waals surface area contributed by atoms with Gasteiger partial charge in [0.1, 0.15) is 24.6 Å². The third-order valence-corrected chi connectivity index (χ3v) is 3.51. The van der Waals surface area contributed by atoms with Gasteiger partial charge in [-0.2, -0.15) is 0 Å². The highest BCUT2D eigenvalue weighted by Crippen LogP contribution is 2.12. The normalized spacial score (nSPS) is 14.1. The Labute approximate surface area is 136 Å². The quantitative estimate of drug-likeness (QED) is 0.547. The van der Waals surface area contributed by atoms with Gasteiger partial charge in [-0.05, 0) is 33.2 Å². The summed E-state index contributed by atoms with van der Waals surface area (Å²) in [6, 6.07) is -0.481. The third-order valence-electron chi connectivity index (χ3n) is 3.51. The number of aliphatic hydroxyl groups excluding tert-OH is 1. The molecular weight excluding hydrogens is 300 g/mol. The van der Waals surface area contributed by atoms with Gasteiger partial charge >= 0.3 is 0 Å². The number of aromatic nitrogens is 2. The number of hydrogen-bond donors (Lipinski definition) is 3. The minimum Gasteiger partial charge on any atom is -0.488 e. The molecule has 1 aromatic rings. The van der Waals surface area contributed by atoms with E-state index >= 15 is 0 Å². The van der Waals surface area contributed by atoms with Gasteiger partial charge in [-0.3, -0.25) is 4.79 Å². The Bertz CT molecular complexity index is 470. The molecule has 0 fully saturated rings. The van der Waals surface area contributed by atoms with Crippen molar-refractivity contribution in [3.05, 3.63) is 18.7 Å². The highest BCUT2D eigenvalue weighted by molar-refractivity contribution is 5.84. The van der Waals surface area contributed by atoms with Gasteiger partial charge in [-0.25, -0.2) is 9.97 Å². The van der Waals surface area contributed by atoms with E-state index in [0.29, 0.717) is 25.1 Å². The summed E-state index contributed by atoms with van der Waals surface area (Å²) in [5, 5.41) is 13.1. The molecule has 0 aromatic carbocycles. The zero-order valence-electron chi connectivity index (χ0n) is 13.9. The number of rotatable bonds is 10. The average Bonchev–Trinajstić information content (AvgIpc) is 2.57. The van der Waals surface area contributed by atoms with Gasteiger partial charge in [0.2, 0.25) is 0 Å². The molecular formula is C15H26N4O4. The van der Waals surface area contributed by atoms with Crippen LogP contribution in [0, 0.1) is 0 Å². The van der Waals surface area contributed by atoms with Crippen LogP contribution in [0.2, 0.25) is 0 Å². The minimum atomic E-state index is -0.977. The number of nitrogens with one attached hydrogen (secondary N) is 1. The smallest absolute Gasteiger partial charge is 0.251 e. The van der Waals surface area contributed by atoms with Gasteiger partial charge < -0.3 is 25.6 Å². The van der Waals surface area contributed by atoms with E-state index in [1.54, 1.807) is 13.8 Å². The van der Waals surface area contributed by atoms with Crippen LogP contribution >= 0.6 is 0 Å². The van der Waals surface area contributed by atoms with Crippen molar-refractivity contribution in [1.29, 1.82) is 0 Å². The Balaban J connectivity index is 2.62. The highest BCUT2D eigenvalue weighted by atomic mass is 16.5. The molecule has 23 heavy (non-hydrogen) atoms. The molecule has 2 atom stereocenters. The lowest BCUT2D eigenvalue weighted by Gasteiger charge is -2.29. The fourth-order valence-electron chi connectivity index (χ4n) is 1.79. The molecule has 1 amide bonds. The molecule has 1 unspecified atom stereocenters. The van der Waals surface area contributed by atoms with Crippen molar-refractivity contribution in [3.63, 3.8) is 0 Å². The predicted octanol–water partition coefficient (Wildman–Crippen LogP) is -0.135. The number of amides is 1. The molecule has 0 bridgehead atoms. The number of carbonyl (C=O) groups is 1. The molecule has 0 saturated carbocycles. The van der Waals surface area contributed by atoms with Crippen LogP contribution in [0.5, 0.6) is 5.75 Å². The number of hydrogen-bond acceptors (Lipinski definition) is 7. The second-order valence-corrected chi connectivity index (χ2v) is 5.68. The number of aliphatic hydroxyl groups is 1. The number of ether oxygens (including phenoxy) is 2. The zero-order valence-corrected chi connectivity index (χ0v) is 13.9. The number of carbonyl (C=O) groups excluding carboxylic acids is 1. The van der Waals surface area contributed by atoms with Crippen molar-refractivity contribution >= 4 is 5.91 Å². The first-order valence-corrected chi connectivity index (χ1v) is 7.52. The summed E-state index contributed by atoms with van der Waals surface area (Å²) < 4.78 is 10.6. The molecule has 0 aliphatic heterocycles. The van der Waals surface area contributed by atoms with Gasteiger partial charge in [0.05, 0.1) is 18.4 Å². The first-order chi connectivity index (χ1) is 10.9. The molecule has 4 N–H and O–H groups in total. The summed E-state index contributed by atoms with van der Waals surface area (Å²) in [7, 11) is 1.46. The topological polar surface area (TPSA) is 120 Å². The number of nitrogens with two attached hydrogens (primary N) is 1. The maximum absolute atomic E-state index is 12.2. The lowest BCUT2D eigenvalue weighted by atomic mass is 10.0. The van der Waals surface area contributed by atoms with E-state index in [4.69, 9.17) is 15.2 Å². The second-order valence-electron chi connectivity index (χ2n) is 5.68. The van der Waals surface area contributed by atoms with E-state index in [1.165, 1.54) is 25.8 Å². The van der Waals surface area contributed by atoms with Crippen LogP contribution in [0.3, 0.4) is 0 Å². The van der Waals surface area contributed by atoms with E-state index in [-0.39, 0.29) is 12.5 Å². The lowest BCUT2D eigenvalue weighted by Crippen LogP contribution is -2.52. The summed E-state index contributed by atoms with van der Waals surface area (Å²) in [5.74, 6) is 0.150. The van der Waals surface area contributed by atoms with E-state index in [1.807, 2.05) is 0 Å². The van der Waals surface area contributed by atoms with Crippen molar-refractivity contribution in [1.82, 2.24) is 15.3 Å². The van der Waals surface area contributed by atoms with E-state index in [9.17, 15) is 9.90 Å². The Morgan fingerprint density at radius 3 is 2.65 bits per heavy atom. The SMILES string of the molecule is COC(C)(C)C(=O)N[C@@H](CCCN)C(O)COc1cncnc1. The molecule has 8 nitrogen and oxygen atoms in total. The van der Waals surface area contributed by atoms with Crippen molar-refractivity contribution in [2.45, 2.75) is 44.4 Å². The molecule has 1 heterocycles. The molecule has 130 valence electrons. The summed E-state index contributed by atoms with van der Waals surface area (Å²) >= 11 is 0.